The zero-order valence-electron chi connectivity index (χ0n) is 11.1. The summed E-state index contributed by atoms with van der Waals surface area (Å²) in [6.07, 6.45) is 4.73. The Morgan fingerprint density at radius 2 is 1.89 bits per heavy atom. The summed E-state index contributed by atoms with van der Waals surface area (Å²) < 4.78 is 0. The fraction of sp³-hybridized carbons (Fsp3) is 0.533. The lowest BCUT2D eigenvalue weighted by Crippen LogP contribution is -2.43. The summed E-state index contributed by atoms with van der Waals surface area (Å²) in [7, 11) is 0. The van der Waals surface area contributed by atoms with E-state index in [-0.39, 0.29) is 11.4 Å². The third-order valence-electron chi connectivity index (χ3n) is 3.79. The van der Waals surface area contributed by atoms with Crippen LogP contribution in [0.4, 0.5) is 5.69 Å². The van der Waals surface area contributed by atoms with E-state index >= 15 is 0 Å². The molecule has 1 aromatic rings. The largest absolute Gasteiger partial charge is 0.325 e. The fourth-order valence-corrected chi connectivity index (χ4v) is 2.76. The van der Waals surface area contributed by atoms with Crippen LogP contribution in [0.25, 0.3) is 0 Å². The molecule has 18 heavy (non-hydrogen) atoms. The van der Waals surface area contributed by atoms with Crippen molar-refractivity contribution in [2.24, 2.45) is 5.73 Å². The van der Waals surface area contributed by atoms with Crippen LogP contribution in [0.1, 0.15) is 39.0 Å². The Bertz CT molecular complexity index is 396. The number of amides is 1. The molecule has 0 radical (unpaired) electrons. The minimum absolute atomic E-state index is 0.146. The summed E-state index contributed by atoms with van der Waals surface area (Å²) in [5.74, 6) is 0.146. The molecule has 2 N–H and O–H groups in total. The predicted octanol–water partition coefficient (Wildman–Crippen LogP) is 2.70. The summed E-state index contributed by atoms with van der Waals surface area (Å²) in [5.41, 5.74) is 6.98. The maximum absolute atomic E-state index is 12.4. The maximum Gasteiger partial charge on any atom is 0.228 e. The molecule has 0 unspecified atom stereocenters. The molecule has 0 atom stereocenters. The number of hydrogen-bond donors (Lipinski definition) is 1. The Morgan fingerprint density at radius 1 is 1.28 bits per heavy atom. The van der Waals surface area contributed by atoms with Crippen molar-refractivity contribution in [3.63, 3.8) is 0 Å². The average molecular weight is 246 g/mol. The number of benzene rings is 1. The van der Waals surface area contributed by atoms with Crippen molar-refractivity contribution < 1.29 is 4.79 Å². The lowest BCUT2D eigenvalue weighted by Gasteiger charge is -2.28. The van der Waals surface area contributed by atoms with Crippen molar-refractivity contribution >= 4 is 11.6 Å². The Labute approximate surface area is 109 Å². The number of nitrogens with zero attached hydrogens (tertiary/aromatic N) is 1. The highest BCUT2D eigenvalue weighted by Crippen LogP contribution is 2.31. The smallest absolute Gasteiger partial charge is 0.228 e. The van der Waals surface area contributed by atoms with Gasteiger partial charge in [0, 0.05) is 24.2 Å². The third-order valence-corrected chi connectivity index (χ3v) is 3.79. The van der Waals surface area contributed by atoms with Crippen molar-refractivity contribution in [1.82, 2.24) is 0 Å². The van der Waals surface area contributed by atoms with Crippen LogP contribution in [0.2, 0.25) is 0 Å². The van der Waals surface area contributed by atoms with Gasteiger partial charge < -0.3 is 10.6 Å². The van der Waals surface area contributed by atoms with Gasteiger partial charge >= 0.3 is 0 Å². The Hall–Kier alpha value is -1.35. The molecule has 1 aliphatic carbocycles. The molecule has 1 saturated carbocycles. The number of rotatable bonds is 4. The van der Waals surface area contributed by atoms with E-state index in [2.05, 4.69) is 0 Å². The lowest BCUT2D eigenvalue weighted by molar-refractivity contribution is -0.119. The van der Waals surface area contributed by atoms with Crippen LogP contribution in [0, 0.1) is 0 Å². The second-order valence-electron chi connectivity index (χ2n) is 5.22. The van der Waals surface area contributed by atoms with Gasteiger partial charge in [-0.1, -0.05) is 31.0 Å². The van der Waals surface area contributed by atoms with Gasteiger partial charge in [0.05, 0.1) is 0 Å². The van der Waals surface area contributed by atoms with Crippen molar-refractivity contribution in [2.75, 3.05) is 11.4 Å². The highest BCUT2D eigenvalue weighted by molar-refractivity contribution is 5.94. The molecule has 1 amide bonds. The molecule has 0 aromatic heterocycles. The van der Waals surface area contributed by atoms with Crippen LogP contribution in [-0.4, -0.2) is 18.0 Å². The summed E-state index contributed by atoms with van der Waals surface area (Å²) in [6, 6.07) is 9.82. The molecule has 0 aliphatic heterocycles. The van der Waals surface area contributed by atoms with E-state index in [0.29, 0.717) is 13.0 Å². The first kappa shape index (κ1) is 13.1. The normalized spacial score (nSPS) is 17.7. The summed E-state index contributed by atoms with van der Waals surface area (Å²) in [5, 5.41) is 0. The van der Waals surface area contributed by atoms with E-state index in [4.69, 9.17) is 5.73 Å². The molecule has 1 aliphatic rings. The first-order valence-electron chi connectivity index (χ1n) is 6.79. The summed E-state index contributed by atoms with van der Waals surface area (Å²) >= 11 is 0. The average Bonchev–Trinajstić information content (AvgIpc) is 2.78. The van der Waals surface area contributed by atoms with Gasteiger partial charge in [-0.3, -0.25) is 4.79 Å². The van der Waals surface area contributed by atoms with E-state index in [1.807, 2.05) is 42.2 Å². The van der Waals surface area contributed by atoms with Crippen molar-refractivity contribution in [3.8, 4) is 0 Å². The Kier molecular flexibility index (Phi) is 4.02. The third kappa shape index (κ3) is 2.91. The molecule has 1 fully saturated rings. The Morgan fingerprint density at radius 3 is 2.44 bits per heavy atom. The van der Waals surface area contributed by atoms with E-state index < -0.39 is 0 Å². The number of hydrogen-bond acceptors (Lipinski definition) is 2. The second-order valence-corrected chi connectivity index (χ2v) is 5.22. The molecule has 3 heteroatoms. The molecule has 2 rings (SSSR count). The van der Waals surface area contributed by atoms with Crippen LogP contribution in [0.15, 0.2) is 30.3 Å². The minimum Gasteiger partial charge on any atom is -0.325 e. The first-order chi connectivity index (χ1) is 8.64. The van der Waals surface area contributed by atoms with Gasteiger partial charge in [0.15, 0.2) is 0 Å². The molecular weight excluding hydrogens is 224 g/mol. The van der Waals surface area contributed by atoms with Crippen LogP contribution in [0.5, 0.6) is 0 Å². The second kappa shape index (κ2) is 5.53. The highest BCUT2D eigenvalue weighted by atomic mass is 16.2. The molecule has 0 heterocycles. The number of nitrogens with two attached hydrogens (primary N) is 1. The van der Waals surface area contributed by atoms with Crippen LogP contribution >= 0.6 is 0 Å². The van der Waals surface area contributed by atoms with Gasteiger partial charge in [-0.15, -0.1) is 0 Å². The van der Waals surface area contributed by atoms with Gasteiger partial charge in [-0.25, -0.2) is 0 Å². The van der Waals surface area contributed by atoms with Crippen LogP contribution < -0.4 is 10.6 Å². The van der Waals surface area contributed by atoms with Gasteiger partial charge in [0.2, 0.25) is 5.91 Å². The van der Waals surface area contributed by atoms with Crippen molar-refractivity contribution in [1.29, 1.82) is 0 Å². The molecule has 0 bridgehead atoms. The van der Waals surface area contributed by atoms with E-state index in [9.17, 15) is 4.79 Å². The van der Waals surface area contributed by atoms with Gasteiger partial charge in [0.25, 0.3) is 0 Å². The van der Waals surface area contributed by atoms with Crippen molar-refractivity contribution in [3.05, 3.63) is 30.3 Å². The topological polar surface area (TPSA) is 46.3 Å². The monoisotopic (exact) mass is 246 g/mol. The van der Waals surface area contributed by atoms with Gasteiger partial charge in [-0.2, -0.15) is 0 Å². The molecule has 98 valence electrons. The minimum atomic E-state index is -0.265. The SMILES string of the molecule is CCN(C(=O)CC1(N)CCCC1)c1ccccc1. The van der Waals surface area contributed by atoms with Crippen LogP contribution in [0.3, 0.4) is 0 Å². The molecule has 3 nitrogen and oxygen atoms in total. The quantitative estimate of drug-likeness (QED) is 0.888. The number of carbonyl (C=O) groups is 1. The van der Waals surface area contributed by atoms with E-state index in [0.717, 1.165) is 31.4 Å². The highest BCUT2D eigenvalue weighted by Gasteiger charge is 2.33. The maximum atomic E-state index is 12.4. The van der Waals surface area contributed by atoms with Gasteiger partial charge in [0.1, 0.15) is 0 Å². The zero-order valence-corrected chi connectivity index (χ0v) is 11.1. The number of anilines is 1. The summed E-state index contributed by atoms with van der Waals surface area (Å²) in [4.78, 5) is 14.2. The Balaban J connectivity index is 2.06. The first-order valence-corrected chi connectivity index (χ1v) is 6.79. The molecule has 0 saturated heterocycles. The van der Waals surface area contributed by atoms with E-state index in [1.165, 1.54) is 0 Å². The van der Waals surface area contributed by atoms with Crippen LogP contribution in [-0.2, 0) is 4.79 Å². The van der Waals surface area contributed by atoms with E-state index in [1.54, 1.807) is 0 Å². The fourth-order valence-electron chi connectivity index (χ4n) is 2.76. The number of para-hydroxylation sites is 1. The standard InChI is InChI=1S/C15H22N2O/c1-2-17(13-8-4-3-5-9-13)14(18)12-15(16)10-6-7-11-15/h3-5,8-9H,2,6-7,10-12,16H2,1H3. The molecular formula is C15H22N2O. The molecule has 1 aromatic carbocycles. The molecule has 0 spiro atoms. The number of carbonyl (C=O) groups excluding carboxylic acids is 1. The van der Waals surface area contributed by atoms with Crippen molar-refractivity contribution in [2.45, 2.75) is 44.6 Å². The lowest BCUT2D eigenvalue weighted by atomic mass is 9.94. The summed E-state index contributed by atoms with van der Waals surface area (Å²) in [6.45, 7) is 2.70. The predicted molar refractivity (Wildman–Crippen MR) is 74.5 cm³/mol. The zero-order chi connectivity index (χ0) is 13.0. The van der Waals surface area contributed by atoms with Gasteiger partial charge in [-0.05, 0) is 31.9 Å².